The lowest BCUT2D eigenvalue weighted by molar-refractivity contribution is -0.176. The van der Waals surface area contributed by atoms with E-state index in [0.29, 0.717) is 39.1 Å². The summed E-state index contributed by atoms with van der Waals surface area (Å²) in [5.74, 6) is 4.61. The molecule has 0 aliphatic heterocycles. The van der Waals surface area contributed by atoms with Crippen LogP contribution in [0.3, 0.4) is 0 Å². The summed E-state index contributed by atoms with van der Waals surface area (Å²) < 4.78 is 6.07. The number of rotatable bonds is 8. The lowest BCUT2D eigenvalue weighted by Crippen LogP contribution is -2.59. The third-order valence-electron chi connectivity index (χ3n) is 13.2. The zero-order valence-corrected chi connectivity index (χ0v) is 26.4. The monoisotopic (exact) mass is 550 g/mol. The molecule has 1 aromatic rings. The van der Waals surface area contributed by atoms with Crippen molar-refractivity contribution in [3.63, 3.8) is 0 Å². The van der Waals surface area contributed by atoms with Gasteiger partial charge in [-0.2, -0.15) is 0 Å². The van der Waals surface area contributed by atoms with Gasteiger partial charge in [-0.05, 0) is 128 Å². The number of hydrogen-bond acceptors (Lipinski definition) is 4. The molecule has 4 aliphatic carbocycles. The van der Waals surface area contributed by atoms with Crippen LogP contribution in [0.15, 0.2) is 18.2 Å². The summed E-state index contributed by atoms with van der Waals surface area (Å²) in [7, 11) is 0. The van der Waals surface area contributed by atoms with Gasteiger partial charge in [0.05, 0.1) is 5.56 Å². The highest BCUT2D eigenvalue weighted by Gasteiger charge is 2.65. The molecule has 4 fully saturated rings. The maximum absolute atomic E-state index is 13.0. The Bertz CT molecular complexity index is 1050. The van der Waals surface area contributed by atoms with Gasteiger partial charge in [0.2, 0.25) is 0 Å². The first kappa shape index (κ1) is 29.8. The molecule has 1 aromatic carbocycles. The number of nitrogens with two attached hydrogens (primary N) is 2. The molecule has 4 N–H and O–H groups in total. The number of benzene rings is 1. The number of hydrogen-bond donors (Lipinski definition) is 2. The Kier molecular flexibility index (Phi) is 8.32. The fraction of sp³-hybridized carbons (Fsp3) is 0.806. The maximum Gasteiger partial charge on any atom is 0.338 e. The van der Waals surface area contributed by atoms with Crippen LogP contribution >= 0.6 is 0 Å². The predicted molar refractivity (Wildman–Crippen MR) is 167 cm³/mol. The Labute approximate surface area is 244 Å². The number of nitrogen functional groups attached to an aromatic ring is 2. The lowest BCUT2D eigenvalue weighted by Gasteiger charge is -2.66. The van der Waals surface area contributed by atoms with Crippen LogP contribution in [0.25, 0.3) is 0 Å². The normalized spacial score (nSPS) is 39.7. The van der Waals surface area contributed by atoms with E-state index in [-0.39, 0.29) is 12.1 Å². The molecule has 4 saturated carbocycles. The van der Waals surface area contributed by atoms with Gasteiger partial charge < -0.3 is 16.2 Å². The maximum atomic E-state index is 13.0. The smallest absolute Gasteiger partial charge is 0.338 e. The summed E-state index contributed by atoms with van der Waals surface area (Å²) in [6, 6.07) is 5.04. The van der Waals surface area contributed by atoms with Gasteiger partial charge in [0.15, 0.2) is 0 Å². The van der Waals surface area contributed by atoms with E-state index in [4.69, 9.17) is 16.2 Å². The number of carbonyl (C=O) groups excluding carboxylic acids is 1. The summed E-state index contributed by atoms with van der Waals surface area (Å²) in [5.41, 5.74) is 14.7. The standard InChI is InChI=1S/C36H58N2O2/c1-23(2)9-7-8-10-24(3)30-11-12-31-35(30,5)18-15-32-34(4)17-14-29(21-26(34)13-16-36(31,32)6)40-33(39)25-19-27(37)22-28(38)20-25/h19-20,22-24,26,29-32H,7-18,21,37-38H2,1-6H3/t24?,26?,29?,30?,31?,32?,34-,35+,36-/m0/s1. The third-order valence-corrected chi connectivity index (χ3v) is 13.2. The number of fused-ring (bicyclic) bond motifs is 5. The second-order valence-electron chi connectivity index (χ2n) is 15.9. The molecule has 0 aromatic heterocycles. The van der Waals surface area contributed by atoms with Crippen molar-refractivity contribution in [2.45, 2.75) is 131 Å². The SMILES string of the molecule is CC(C)CCCCC(C)C1CCC2[C@]3(C)CCC4CC(OC(=O)c5cc(N)cc(N)c5)CC[C@]4(C)C3CC[C@]12C. The highest BCUT2D eigenvalue weighted by atomic mass is 16.5. The van der Waals surface area contributed by atoms with E-state index in [1.54, 1.807) is 18.2 Å². The third kappa shape index (κ3) is 5.31. The number of unbranched alkanes of at least 4 members (excludes halogenated alkanes) is 1. The van der Waals surface area contributed by atoms with E-state index in [1.807, 2.05) is 0 Å². The largest absolute Gasteiger partial charge is 0.459 e. The van der Waals surface area contributed by atoms with Gasteiger partial charge in [-0.3, -0.25) is 0 Å². The van der Waals surface area contributed by atoms with Crippen LogP contribution in [0.4, 0.5) is 11.4 Å². The van der Waals surface area contributed by atoms with E-state index in [0.717, 1.165) is 42.4 Å². The zero-order chi connectivity index (χ0) is 28.9. The van der Waals surface area contributed by atoms with Crippen molar-refractivity contribution in [1.82, 2.24) is 0 Å². The number of ether oxygens (including phenoxy) is 1. The Morgan fingerprint density at radius 1 is 0.825 bits per heavy atom. The first-order chi connectivity index (χ1) is 18.9. The van der Waals surface area contributed by atoms with Crippen molar-refractivity contribution in [2.75, 3.05) is 11.5 Å². The molecule has 0 radical (unpaired) electrons. The van der Waals surface area contributed by atoms with Crippen LogP contribution in [-0.4, -0.2) is 12.1 Å². The number of anilines is 2. The fourth-order valence-electron chi connectivity index (χ4n) is 11.2. The van der Waals surface area contributed by atoms with Crippen LogP contribution in [0.5, 0.6) is 0 Å². The highest BCUT2D eigenvalue weighted by molar-refractivity contribution is 5.91. The van der Waals surface area contributed by atoms with Crippen LogP contribution in [-0.2, 0) is 4.74 Å². The average Bonchev–Trinajstić information content (AvgIpc) is 3.24. The van der Waals surface area contributed by atoms with E-state index in [9.17, 15) is 4.79 Å². The first-order valence-electron chi connectivity index (χ1n) is 16.7. The molecule has 0 saturated heterocycles. The van der Waals surface area contributed by atoms with Crippen LogP contribution in [0, 0.1) is 51.8 Å². The molecule has 0 spiro atoms. The Hall–Kier alpha value is -1.71. The van der Waals surface area contributed by atoms with Crippen molar-refractivity contribution in [3.8, 4) is 0 Å². The minimum absolute atomic E-state index is 0.00107. The molecule has 4 aliphatic rings. The van der Waals surface area contributed by atoms with Gasteiger partial charge in [-0.25, -0.2) is 4.79 Å². The fourth-order valence-corrected chi connectivity index (χ4v) is 11.2. The average molecular weight is 551 g/mol. The molecule has 0 bridgehead atoms. The van der Waals surface area contributed by atoms with Gasteiger partial charge in [-0.15, -0.1) is 0 Å². The molecule has 40 heavy (non-hydrogen) atoms. The minimum Gasteiger partial charge on any atom is -0.459 e. The van der Waals surface area contributed by atoms with E-state index in [1.165, 1.54) is 70.6 Å². The molecular formula is C36H58N2O2. The van der Waals surface area contributed by atoms with Gasteiger partial charge in [0.1, 0.15) is 6.10 Å². The Morgan fingerprint density at radius 2 is 1.45 bits per heavy atom. The van der Waals surface area contributed by atoms with Gasteiger partial charge in [-0.1, -0.05) is 67.2 Å². The van der Waals surface area contributed by atoms with Crippen LogP contribution in [0.1, 0.15) is 135 Å². The summed E-state index contributed by atoms with van der Waals surface area (Å²) in [6.07, 6.45) is 17.1. The second-order valence-corrected chi connectivity index (χ2v) is 15.9. The number of esters is 1. The van der Waals surface area contributed by atoms with E-state index >= 15 is 0 Å². The van der Waals surface area contributed by atoms with Gasteiger partial charge in [0, 0.05) is 11.4 Å². The summed E-state index contributed by atoms with van der Waals surface area (Å²) in [5, 5.41) is 0. The molecule has 6 unspecified atom stereocenters. The van der Waals surface area contributed by atoms with Crippen molar-refractivity contribution in [3.05, 3.63) is 23.8 Å². The zero-order valence-electron chi connectivity index (χ0n) is 26.4. The minimum atomic E-state index is -0.281. The molecule has 9 atom stereocenters. The van der Waals surface area contributed by atoms with Gasteiger partial charge in [0.25, 0.3) is 0 Å². The molecular weight excluding hydrogens is 492 g/mol. The molecule has 5 rings (SSSR count). The quantitative estimate of drug-likeness (QED) is 0.192. The Balaban J connectivity index is 1.24. The van der Waals surface area contributed by atoms with Crippen LogP contribution in [0.2, 0.25) is 0 Å². The molecule has 4 nitrogen and oxygen atoms in total. The van der Waals surface area contributed by atoms with E-state index < -0.39 is 0 Å². The summed E-state index contributed by atoms with van der Waals surface area (Å²) >= 11 is 0. The molecule has 4 heteroatoms. The highest BCUT2D eigenvalue weighted by Crippen LogP contribution is 2.73. The van der Waals surface area contributed by atoms with Crippen molar-refractivity contribution < 1.29 is 9.53 Å². The molecule has 0 amide bonds. The molecule has 224 valence electrons. The van der Waals surface area contributed by atoms with E-state index in [2.05, 4.69) is 41.5 Å². The van der Waals surface area contributed by atoms with Crippen LogP contribution < -0.4 is 11.5 Å². The second kappa shape index (κ2) is 11.2. The first-order valence-corrected chi connectivity index (χ1v) is 16.7. The predicted octanol–water partition coefficient (Wildman–Crippen LogP) is 9.28. The van der Waals surface area contributed by atoms with Gasteiger partial charge >= 0.3 is 5.97 Å². The Morgan fingerprint density at radius 3 is 2.15 bits per heavy atom. The summed E-state index contributed by atoms with van der Waals surface area (Å²) in [4.78, 5) is 13.0. The lowest BCUT2D eigenvalue weighted by atomic mass is 9.39. The van der Waals surface area contributed by atoms with Crippen molar-refractivity contribution in [2.24, 2.45) is 51.8 Å². The molecule has 0 heterocycles. The van der Waals surface area contributed by atoms with Crippen molar-refractivity contribution >= 4 is 17.3 Å². The summed E-state index contributed by atoms with van der Waals surface area (Å²) in [6.45, 7) is 15.3. The topological polar surface area (TPSA) is 78.3 Å². The van der Waals surface area contributed by atoms with Crippen molar-refractivity contribution in [1.29, 1.82) is 0 Å². The number of carbonyl (C=O) groups is 1.